The SMILES string of the molecule is COc1ncccc1-c1sc2c(C(N)=O)cnn2c1-c1cc(N)cnc1C. The molecule has 0 fully saturated rings. The van der Waals surface area contributed by atoms with Gasteiger partial charge >= 0.3 is 0 Å². The summed E-state index contributed by atoms with van der Waals surface area (Å²) < 4.78 is 7.12. The third-order valence-corrected chi connectivity index (χ3v) is 5.39. The Bertz CT molecular complexity index is 1180. The number of hydrogen-bond acceptors (Lipinski definition) is 7. The molecule has 0 atom stereocenters. The maximum absolute atomic E-state index is 11.8. The van der Waals surface area contributed by atoms with Crippen molar-refractivity contribution < 1.29 is 9.53 Å². The molecule has 0 unspecified atom stereocenters. The number of ether oxygens (including phenoxy) is 1. The molecule has 136 valence electrons. The van der Waals surface area contributed by atoms with Crippen LogP contribution >= 0.6 is 11.3 Å². The normalized spacial score (nSPS) is 11.0. The Labute approximate surface area is 158 Å². The molecule has 0 aliphatic carbocycles. The van der Waals surface area contributed by atoms with Gasteiger partial charge in [-0.2, -0.15) is 5.10 Å². The molecule has 4 aromatic heterocycles. The number of carbonyl (C=O) groups excluding carboxylic acids is 1. The predicted octanol–water partition coefficient (Wildman–Crippen LogP) is 2.52. The first-order valence-electron chi connectivity index (χ1n) is 8.03. The maximum Gasteiger partial charge on any atom is 0.253 e. The van der Waals surface area contributed by atoms with Gasteiger partial charge in [0.15, 0.2) is 0 Å². The first kappa shape index (κ1) is 17.0. The number of aromatic nitrogens is 4. The van der Waals surface area contributed by atoms with Crippen molar-refractivity contribution in [3.63, 3.8) is 0 Å². The second-order valence-corrected chi connectivity index (χ2v) is 6.88. The summed E-state index contributed by atoms with van der Waals surface area (Å²) in [6, 6.07) is 5.56. The van der Waals surface area contributed by atoms with Crippen molar-refractivity contribution in [2.45, 2.75) is 6.92 Å². The molecule has 0 aliphatic heterocycles. The molecule has 0 radical (unpaired) electrons. The maximum atomic E-state index is 11.8. The van der Waals surface area contributed by atoms with Gasteiger partial charge in [-0.1, -0.05) is 0 Å². The standard InChI is InChI=1S/C18H16N6O2S/c1-9-12(6-10(19)7-22-9)14-15(11-4-3-5-21-17(11)26-2)27-18-13(16(20)25)8-23-24(14)18/h3-8H,19H2,1-2H3,(H2,20,25). The average molecular weight is 380 g/mol. The van der Waals surface area contributed by atoms with Gasteiger partial charge in [0.25, 0.3) is 5.91 Å². The van der Waals surface area contributed by atoms with Crippen molar-refractivity contribution in [3.05, 3.63) is 48.0 Å². The van der Waals surface area contributed by atoms with Gasteiger partial charge in [-0.3, -0.25) is 9.78 Å². The van der Waals surface area contributed by atoms with Gasteiger partial charge in [0, 0.05) is 17.5 Å². The summed E-state index contributed by atoms with van der Waals surface area (Å²) in [4.78, 5) is 21.9. The molecule has 4 aromatic rings. The monoisotopic (exact) mass is 380 g/mol. The quantitative estimate of drug-likeness (QED) is 0.561. The fourth-order valence-electron chi connectivity index (χ4n) is 2.94. The number of hydrogen-bond donors (Lipinski definition) is 2. The highest BCUT2D eigenvalue weighted by Gasteiger charge is 2.24. The number of carbonyl (C=O) groups is 1. The summed E-state index contributed by atoms with van der Waals surface area (Å²) in [7, 11) is 1.56. The molecular weight excluding hydrogens is 364 g/mol. The fraction of sp³-hybridized carbons (Fsp3) is 0.111. The molecule has 9 heteroatoms. The lowest BCUT2D eigenvalue weighted by molar-refractivity contribution is 0.100. The van der Waals surface area contributed by atoms with Crippen molar-refractivity contribution in [1.29, 1.82) is 0 Å². The predicted molar refractivity (Wildman–Crippen MR) is 104 cm³/mol. The second kappa shape index (κ2) is 6.36. The summed E-state index contributed by atoms with van der Waals surface area (Å²) in [6.45, 7) is 1.89. The van der Waals surface area contributed by atoms with Crippen LogP contribution in [-0.2, 0) is 0 Å². The van der Waals surface area contributed by atoms with E-state index in [9.17, 15) is 4.79 Å². The summed E-state index contributed by atoms with van der Waals surface area (Å²) in [5.74, 6) is -0.0664. The number of fused-ring (bicyclic) bond motifs is 1. The van der Waals surface area contributed by atoms with Crippen molar-refractivity contribution in [2.75, 3.05) is 12.8 Å². The Morgan fingerprint density at radius 3 is 2.81 bits per heavy atom. The van der Waals surface area contributed by atoms with E-state index in [-0.39, 0.29) is 0 Å². The van der Waals surface area contributed by atoms with Crippen molar-refractivity contribution in [2.24, 2.45) is 5.73 Å². The molecule has 0 spiro atoms. The number of thiazole rings is 1. The van der Waals surface area contributed by atoms with Crippen LogP contribution in [0, 0.1) is 6.92 Å². The first-order valence-corrected chi connectivity index (χ1v) is 8.85. The van der Waals surface area contributed by atoms with Crippen LogP contribution in [0.1, 0.15) is 16.1 Å². The highest BCUT2D eigenvalue weighted by atomic mass is 32.1. The summed E-state index contributed by atoms with van der Waals surface area (Å²) in [5.41, 5.74) is 15.5. The van der Waals surface area contributed by atoms with Crippen LogP contribution in [0.25, 0.3) is 26.5 Å². The van der Waals surface area contributed by atoms with Crippen LogP contribution in [0.15, 0.2) is 36.8 Å². The lowest BCUT2D eigenvalue weighted by atomic mass is 10.1. The van der Waals surface area contributed by atoms with Gasteiger partial charge in [0.2, 0.25) is 5.88 Å². The largest absolute Gasteiger partial charge is 0.481 e. The smallest absolute Gasteiger partial charge is 0.253 e. The molecule has 4 heterocycles. The molecule has 27 heavy (non-hydrogen) atoms. The second-order valence-electron chi connectivity index (χ2n) is 5.88. The Morgan fingerprint density at radius 1 is 1.26 bits per heavy atom. The van der Waals surface area contributed by atoms with E-state index in [1.165, 1.54) is 17.5 Å². The van der Waals surface area contributed by atoms with Gasteiger partial charge in [-0.25, -0.2) is 9.50 Å². The molecular formula is C18H16N6O2S. The number of nitrogen functional groups attached to an aromatic ring is 1. The summed E-state index contributed by atoms with van der Waals surface area (Å²) in [6.07, 6.45) is 4.73. The molecule has 4 rings (SSSR count). The summed E-state index contributed by atoms with van der Waals surface area (Å²) >= 11 is 1.39. The van der Waals surface area contributed by atoms with Crippen LogP contribution < -0.4 is 16.2 Å². The number of rotatable bonds is 4. The number of nitrogens with zero attached hydrogens (tertiary/aromatic N) is 4. The highest BCUT2D eigenvalue weighted by Crippen LogP contribution is 2.43. The number of pyridine rings is 2. The lowest BCUT2D eigenvalue weighted by Crippen LogP contribution is -2.09. The molecule has 0 aromatic carbocycles. The molecule has 4 N–H and O–H groups in total. The van der Waals surface area contributed by atoms with Crippen molar-refractivity contribution in [1.82, 2.24) is 19.6 Å². The number of amides is 1. The number of anilines is 1. The zero-order valence-electron chi connectivity index (χ0n) is 14.6. The van der Waals surface area contributed by atoms with Crippen molar-refractivity contribution >= 4 is 27.8 Å². The average Bonchev–Trinajstić information content (AvgIpc) is 3.22. The minimum Gasteiger partial charge on any atom is -0.481 e. The first-order chi connectivity index (χ1) is 13.0. The number of nitrogens with two attached hydrogens (primary N) is 2. The topological polar surface area (TPSA) is 121 Å². The third-order valence-electron chi connectivity index (χ3n) is 4.19. The van der Waals surface area contributed by atoms with E-state index in [1.807, 2.05) is 25.1 Å². The molecule has 0 saturated heterocycles. The van der Waals surface area contributed by atoms with Gasteiger partial charge in [0.05, 0.1) is 46.9 Å². The summed E-state index contributed by atoms with van der Waals surface area (Å²) in [5, 5.41) is 4.39. The third kappa shape index (κ3) is 2.68. The number of aryl methyl sites for hydroxylation is 1. The van der Waals surface area contributed by atoms with Crippen LogP contribution in [0.4, 0.5) is 5.69 Å². The van der Waals surface area contributed by atoms with Gasteiger partial charge in [-0.15, -0.1) is 11.3 Å². The minimum atomic E-state index is -0.537. The lowest BCUT2D eigenvalue weighted by Gasteiger charge is -2.10. The minimum absolute atomic E-state index is 0.352. The Morgan fingerprint density at radius 2 is 2.07 bits per heavy atom. The van der Waals surface area contributed by atoms with Gasteiger partial charge in [-0.05, 0) is 25.1 Å². The van der Waals surface area contributed by atoms with E-state index in [0.717, 1.165) is 27.4 Å². The van der Waals surface area contributed by atoms with E-state index < -0.39 is 5.91 Å². The van der Waals surface area contributed by atoms with Crippen LogP contribution in [-0.4, -0.2) is 32.6 Å². The number of primary amides is 1. The fourth-order valence-corrected chi connectivity index (χ4v) is 4.18. The Balaban J connectivity index is 2.12. The molecule has 0 aliphatic rings. The van der Waals surface area contributed by atoms with E-state index in [2.05, 4.69) is 15.1 Å². The van der Waals surface area contributed by atoms with E-state index in [4.69, 9.17) is 16.2 Å². The Kier molecular flexibility index (Phi) is 4.00. The van der Waals surface area contributed by atoms with Gasteiger partial charge in [0.1, 0.15) is 4.83 Å². The van der Waals surface area contributed by atoms with E-state index in [1.54, 1.807) is 24.0 Å². The van der Waals surface area contributed by atoms with Gasteiger partial charge < -0.3 is 16.2 Å². The van der Waals surface area contributed by atoms with Crippen molar-refractivity contribution in [3.8, 4) is 27.6 Å². The molecule has 0 saturated carbocycles. The van der Waals surface area contributed by atoms with Crippen LogP contribution in [0.2, 0.25) is 0 Å². The van der Waals surface area contributed by atoms with Crippen LogP contribution in [0.5, 0.6) is 5.88 Å². The Hall–Kier alpha value is -3.46. The molecule has 8 nitrogen and oxygen atoms in total. The number of methoxy groups -OCH3 is 1. The van der Waals surface area contributed by atoms with E-state index in [0.29, 0.717) is 22.0 Å². The van der Waals surface area contributed by atoms with Crippen LogP contribution in [0.3, 0.4) is 0 Å². The molecule has 1 amide bonds. The van der Waals surface area contributed by atoms with E-state index >= 15 is 0 Å². The molecule has 0 bridgehead atoms. The zero-order chi connectivity index (χ0) is 19.1. The zero-order valence-corrected chi connectivity index (χ0v) is 15.4. The highest BCUT2D eigenvalue weighted by molar-refractivity contribution is 7.21.